The molecule has 1 aliphatic heterocycles. The van der Waals surface area contributed by atoms with Gasteiger partial charge in [0.1, 0.15) is 0 Å². The molecular formula is C13H24N2OS2. The van der Waals surface area contributed by atoms with Crippen molar-refractivity contribution in [3.63, 3.8) is 0 Å². The summed E-state index contributed by atoms with van der Waals surface area (Å²) < 4.78 is 0. The van der Waals surface area contributed by atoms with Crippen molar-refractivity contribution in [2.45, 2.75) is 51.2 Å². The predicted molar refractivity (Wildman–Crippen MR) is 82.9 cm³/mol. The van der Waals surface area contributed by atoms with E-state index in [1.807, 2.05) is 25.6 Å². The highest BCUT2D eigenvalue weighted by Crippen LogP contribution is 2.28. The van der Waals surface area contributed by atoms with E-state index in [1.54, 1.807) is 0 Å². The zero-order valence-electron chi connectivity index (χ0n) is 11.3. The van der Waals surface area contributed by atoms with Crippen LogP contribution in [0.15, 0.2) is 0 Å². The van der Waals surface area contributed by atoms with Crippen LogP contribution in [0.5, 0.6) is 0 Å². The minimum absolute atomic E-state index is 0.00572. The minimum Gasteiger partial charge on any atom is -0.392 e. The lowest BCUT2D eigenvalue weighted by Crippen LogP contribution is -2.49. The Kier molecular flexibility index (Phi) is 6.43. The molecule has 1 aliphatic rings. The Hall–Kier alpha value is -0.290. The van der Waals surface area contributed by atoms with Gasteiger partial charge in [0, 0.05) is 11.8 Å². The molecule has 0 aromatic carbocycles. The SMILES string of the molecule is CCC(CC)(C(=O)NCC1CCCCS1)C(N)=S. The third-order valence-electron chi connectivity index (χ3n) is 3.88. The summed E-state index contributed by atoms with van der Waals surface area (Å²) in [5.41, 5.74) is 5.11. The highest BCUT2D eigenvalue weighted by atomic mass is 32.2. The highest BCUT2D eigenvalue weighted by molar-refractivity contribution is 7.99. The fraction of sp³-hybridized carbons (Fsp3) is 0.846. The fourth-order valence-electron chi connectivity index (χ4n) is 2.38. The van der Waals surface area contributed by atoms with Crippen molar-refractivity contribution < 1.29 is 4.79 Å². The second-order valence-corrected chi connectivity index (χ2v) is 6.70. The molecule has 0 radical (unpaired) electrons. The van der Waals surface area contributed by atoms with Gasteiger partial charge in [-0.15, -0.1) is 0 Å². The van der Waals surface area contributed by atoms with Crippen LogP contribution < -0.4 is 11.1 Å². The van der Waals surface area contributed by atoms with Crippen molar-refractivity contribution >= 4 is 34.9 Å². The van der Waals surface area contributed by atoms with Crippen molar-refractivity contribution in [1.82, 2.24) is 5.32 Å². The van der Waals surface area contributed by atoms with Gasteiger partial charge in [0.25, 0.3) is 0 Å². The number of carbonyl (C=O) groups is 1. The first-order chi connectivity index (χ1) is 8.56. The molecule has 3 N–H and O–H groups in total. The number of rotatable bonds is 6. The lowest BCUT2D eigenvalue weighted by atomic mass is 9.81. The summed E-state index contributed by atoms with van der Waals surface area (Å²) in [7, 11) is 0. The Morgan fingerprint density at radius 1 is 1.44 bits per heavy atom. The zero-order valence-corrected chi connectivity index (χ0v) is 13.0. The molecular weight excluding hydrogens is 264 g/mol. The van der Waals surface area contributed by atoms with Crippen LogP contribution in [0, 0.1) is 5.41 Å². The summed E-state index contributed by atoms with van der Waals surface area (Å²) in [4.78, 5) is 12.6. The molecule has 0 spiro atoms. The lowest BCUT2D eigenvalue weighted by Gasteiger charge is -2.30. The highest BCUT2D eigenvalue weighted by Gasteiger charge is 2.38. The molecule has 1 unspecified atom stereocenters. The number of nitrogens with one attached hydrogen (secondary N) is 1. The molecule has 5 heteroatoms. The van der Waals surface area contributed by atoms with E-state index in [9.17, 15) is 4.79 Å². The summed E-state index contributed by atoms with van der Waals surface area (Å²) in [5.74, 6) is 1.22. The third-order valence-corrected chi connectivity index (χ3v) is 5.67. The van der Waals surface area contributed by atoms with E-state index in [0.29, 0.717) is 23.1 Å². The fourth-order valence-corrected chi connectivity index (χ4v) is 4.00. The van der Waals surface area contributed by atoms with Crippen LogP contribution in [-0.2, 0) is 4.79 Å². The Labute approximate surface area is 120 Å². The standard InChI is InChI=1S/C13H24N2OS2/c1-3-13(4-2,11(14)17)12(16)15-9-10-7-5-6-8-18-10/h10H,3-9H2,1-2H3,(H2,14,17)(H,15,16). The maximum Gasteiger partial charge on any atom is 0.233 e. The first-order valence-electron chi connectivity index (χ1n) is 6.76. The van der Waals surface area contributed by atoms with Crippen molar-refractivity contribution in [1.29, 1.82) is 0 Å². The number of carbonyl (C=O) groups excluding carboxylic acids is 1. The van der Waals surface area contributed by atoms with E-state index >= 15 is 0 Å². The Morgan fingerprint density at radius 3 is 2.56 bits per heavy atom. The van der Waals surface area contributed by atoms with Gasteiger partial charge in [-0.1, -0.05) is 32.5 Å². The van der Waals surface area contributed by atoms with Crippen molar-refractivity contribution in [3.05, 3.63) is 0 Å². The smallest absolute Gasteiger partial charge is 0.233 e. The molecule has 0 saturated carbocycles. The van der Waals surface area contributed by atoms with E-state index in [1.165, 1.54) is 25.0 Å². The molecule has 1 fully saturated rings. The second-order valence-electron chi connectivity index (χ2n) is 4.85. The first-order valence-corrected chi connectivity index (χ1v) is 8.22. The second kappa shape index (κ2) is 7.34. The number of amides is 1. The summed E-state index contributed by atoms with van der Waals surface area (Å²) in [6, 6.07) is 0. The van der Waals surface area contributed by atoms with E-state index in [-0.39, 0.29) is 5.91 Å². The summed E-state index contributed by atoms with van der Waals surface area (Å²) in [6.07, 6.45) is 5.11. The van der Waals surface area contributed by atoms with Gasteiger partial charge in [0.2, 0.25) is 5.91 Å². The predicted octanol–water partition coefficient (Wildman–Crippen LogP) is 2.48. The number of hydrogen-bond donors (Lipinski definition) is 2. The maximum atomic E-state index is 12.3. The van der Waals surface area contributed by atoms with Gasteiger partial charge in [-0.3, -0.25) is 4.79 Å². The minimum atomic E-state index is -0.658. The number of thioether (sulfide) groups is 1. The molecule has 18 heavy (non-hydrogen) atoms. The maximum absolute atomic E-state index is 12.3. The Bertz CT molecular complexity index is 297. The topological polar surface area (TPSA) is 55.1 Å². The largest absolute Gasteiger partial charge is 0.392 e. The molecule has 1 saturated heterocycles. The zero-order chi connectivity index (χ0) is 13.6. The van der Waals surface area contributed by atoms with E-state index in [4.69, 9.17) is 18.0 Å². The Balaban J connectivity index is 2.53. The Morgan fingerprint density at radius 2 is 2.11 bits per heavy atom. The molecule has 104 valence electrons. The van der Waals surface area contributed by atoms with E-state index in [0.717, 1.165) is 6.54 Å². The van der Waals surface area contributed by atoms with Crippen molar-refractivity contribution in [3.8, 4) is 0 Å². The monoisotopic (exact) mass is 288 g/mol. The molecule has 0 aromatic heterocycles. The number of hydrogen-bond acceptors (Lipinski definition) is 3. The van der Waals surface area contributed by atoms with Crippen molar-refractivity contribution in [2.24, 2.45) is 11.1 Å². The first kappa shape index (κ1) is 15.8. The van der Waals surface area contributed by atoms with Gasteiger partial charge in [0.05, 0.1) is 10.4 Å². The van der Waals surface area contributed by atoms with E-state index < -0.39 is 5.41 Å². The van der Waals surface area contributed by atoms with Crippen LogP contribution in [-0.4, -0.2) is 28.4 Å². The van der Waals surface area contributed by atoms with Gasteiger partial charge in [0.15, 0.2) is 0 Å². The molecule has 0 aliphatic carbocycles. The lowest BCUT2D eigenvalue weighted by molar-refractivity contribution is -0.127. The molecule has 1 atom stereocenters. The number of thiocarbonyl (C=S) groups is 1. The molecule has 1 amide bonds. The van der Waals surface area contributed by atoms with Gasteiger partial charge >= 0.3 is 0 Å². The third kappa shape index (κ3) is 3.60. The van der Waals surface area contributed by atoms with Crippen LogP contribution in [0.3, 0.4) is 0 Å². The molecule has 0 aromatic rings. The number of nitrogens with two attached hydrogens (primary N) is 1. The molecule has 1 heterocycles. The summed E-state index contributed by atoms with van der Waals surface area (Å²) in [5, 5.41) is 3.61. The summed E-state index contributed by atoms with van der Waals surface area (Å²) in [6.45, 7) is 4.68. The summed E-state index contributed by atoms with van der Waals surface area (Å²) >= 11 is 7.05. The van der Waals surface area contributed by atoms with Gasteiger partial charge < -0.3 is 11.1 Å². The molecule has 3 nitrogen and oxygen atoms in total. The average molecular weight is 288 g/mol. The van der Waals surface area contributed by atoms with Crippen LogP contribution in [0.2, 0.25) is 0 Å². The molecule has 0 bridgehead atoms. The van der Waals surface area contributed by atoms with Crippen molar-refractivity contribution in [2.75, 3.05) is 12.3 Å². The van der Waals surface area contributed by atoms with Crippen LogP contribution in [0.25, 0.3) is 0 Å². The molecule has 1 rings (SSSR count). The van der Waals surface area contributed by atoms with E-state index in [2.05, 4.69) is 5.32 Å². The van der Waals surface area contributed by atoms with Gasteiger partial charge in [-0.05, 0) is 31.4 Å². The average Bonchev–Trinajstić information content (AvgIpc) is 2.39. The van der Waals surface area contributed by atoms with Gasteiger partial charge in [-0.2, -0.15) is 11.8 Å². The quantitative estimate of drug-likeness (QED) is 0.737. The van der Waals surface area contributed by atoms with Crippen LogP contribution >= 0.6 is 24.0 Å². The van der Waals surface area contributed by atoms with Crippen LogP contribution in [0.4, 0.5) is 0 Å². The van der Waals surface area contributed by atoms with Gasteiger partial charge in [-0.25, -0.2) is 0 Å². The van der Waals surface area contributed by atoms with Crippen LogP contribution in [0.1, 0.15) is 46.0 Å². The normalized spacial score (nSPS) is 20.4.